The van der Waals surface area contributed by atoms with Crippen molar-refractivity contribution in [3.63, 3.8) is 0 Å². The van der Waals surface area contributed by atoms with Crippen molar-refractivity contribution >= 4 is 35.6 Å². The van der Waals surface area contributed by atoms with Crippen LogP contribution in [0.4, 0.5) is 11.4 Å². The third-order valence-corrected chi connectivity index (χ3v) is 6.25. The summed E-state index contributed by atoms with van der Waals surface area (Å²) < 4.78 is 0. The first-order chi connectivity index (χ1) is 14.0. The zero-order valence-electron chi connectivity index (χ0n) is 16.8. The molecule has 1 aliphatic carbocycles. The van der Waals surface area contributed by atoms with Crippen molar-refractivity contribution in [2.75, 3.05) is 44.2 Å². The van der Waals surface area contributed by atoms with E-state index in [2.05, 4.69) is 9.80 Å². The van der Waals surface area contributed by atoms with Crippen LogP contribution < -0.4 is 4.90 Å². The molecule has 162 valence electrons. The maximum absolute atomic E-state index is 12.5. The first kappa shape index (κ1) is 22.2. The van der Waals surface area contributed by atoms with E-state index in [0.717, 1.165) is 44.8 Å². The minimum Gasteiger partial charge on any atom is -0.369 e. The van der Waals surface area contributed by atoms with Gasteiger partial charge in [-0.15, -0.1) is 12.4 Å². The fourth-order valence-corrected chi connectivity index (χ4v) is 4.56. The van der Waals surface area contributed by atoms with Gasteiger partial charge in [-0.3, -0.25) is 29.5 Å². The molecule has 2 aliphatic heterocycles. The molecule has 0 bridgehead atoms. The molecule has 2 amide bonds. The zero-order chi connectivity index (χ0) is 20.4. The number of hydrogen-bond donors (Lipinski definition) is 0. The number of rotatable bonds is 6. The highest BCUT2D eigenvalue weighted by atomic mass is 35.5. The van der Waals surface area contributed by atoms with E-state index >= 15 is 0 Å². The Balaban J connectivity index is 0.00000256. The van der Waals surface area contributed by atoms with Crippen LogP contribution in [0.2, 0.25) is 0 Å². The largest absolute Gasteiger partial charge is 0.369 e. The Bertz CT molecular complexity index is 795. The number of carbonyl (C=O) groups excluding carboxylic acids is 2. The van der Waals surface area contributed by atoms with Crippen LogP contribution in [-0.2, 0) is 9.59 Å². The summed E-state index contributed by atoms with van der Waals surface area (Å²) in [5.41, 5.74) is 1.11. The van der Waals surface area contributed by atoms with Crippen LogP contribution in [0.1, 0.15) is 19.3 Å². The van der Waals surface area contributed by atoms with Crippen molar-refractivity contribution in [1.29, 1.82) is 0 Å². The number of fused-ring (bicyclic) bond motifs is 1. The van der Waals surface area contributed by atoms with Crippen molar-refractivity contribution in [3.05, 3.63) is 46.5 Å². The second-order valence-corrected chi connectivity index (χ2v) is 7.94. The summed E-state index contributed by atoms with van der Waals surface area (Å²) in [4.78, 5) is 41.5. The Morgan fingerprint density at radius 1 is 0.900 bits per heavy atom. The number of halogens is 1. The van der Waals surface area contributed by atoms with Gasteiger partial charge in [0.1, 0.15) is 0 Å². The highest BCUT2D eigenvalue weighted by molar-refractivity contribution is 6.05. The van der Waals surface area contributed by atoms with Gasteiger partial charge in [0, 0.05) is 50.5 Å². The summed E-state index contributed by atoms with van der Waals surface area (Å²) in [7, 11) is 0. The molecule has 1 aromatic rings. The molecular weight excluding hydrogens is 408 g/mol. The average Bonchev–Trinajstić information content (AvgIpc) is 2.99. The maximum Gasteiger partial charge on any atom is 0.269 e. The molecule has 0 N–H and O–H groups in total. The van der Waals surface area contributed by atoms with Gasteiger partial charge in [-0.1, -0.05) is 12.2 Å². The number of imide groups is 1. The molecule has 0 saturated carbocycles. The van der Waals surface area contributed by atoms with Crippen LogP contribution in [0.25, 0.3) is 0 Å². The second-order valence-electron chi connectivity index (χ2n) is 7.94. The lowest BCUT2D eigenvalue weighted by molar-refractivity contribution is -0.384. The summed E-state index contributed by atoms with van der Waals surface area (Å²) in [6.45, 7) is 4.87. The smallest absolute Gasteiger partial charge is 0.269 e. The van der Waals surface area contributed by atoms with Crippen molar-refractivity contribution in [2.45, 2.75) is 19.3 Å². The van der Waals surface area contributed by atoms with Crippen LogP contribution in [0, 0.1) is 22.0 Å². The van der Waals surface area contributed by atoms with Gasteiger partial charge in [0.25, 0.3) is 5.69 Å². The van der Waals surface area contributed by atoms with Gasteiger partial charge >= 0.3 is 0 Å². The summed E-state index contributed by atoms with van der Waals surface area (Å²) in [5.74, 6) is -0.268. The Hall–Kier alpha value is -2.45. The predicted molar refractivity (Wildman–Crippen MR) is 116 cm³/mol. The lowest BCUT2D eigenvalue weighted by atomic mass is 9.85. The van der Waals surface area contributed by atoms with Gasteiger partial charge in [-0.05, 0) is 37.9 Å². The molecule has 0 spiro atoms. The minimum atomic E-state index is -0.386. The number of allylic oxidation sites excluding steroid dienone is 2. The number of nitro groups is 1. The first-order valence-corrected chi connectivity index (χ1v) is 10.3. The Labute approximate surface area is 182 Å². The quantitative estimate of drug-likeness (QED) is 0.296. The number of benzene rings is 1. The lowest BCUT2D eigenvalue weighted by Crippen LogP contribution is -2.47. The first-order valence-electron chi connectivity index (χ1n) is 10.3. The van der Waals surface area contributed by atoms with Crippen molar-refractivity contribution in [1.82, 2.24) is 9.80 Å². The SMILES string of the molecule is Cl.O=C1C2CC=CCC2C(=O)N1CCCN1CCN(c2ccc([N+](=O)[O-])cc2)CC1. The Kier molecular flexibility index (Phi) is 7.10. The number of anilines is 1. The summed E-state index contributed by atoms with van der Waals surface area (Å²) in [6.07, 6.45) is 6.20. The fourth-order valence-electron chi connectivity index (χ4n) is 4.56. The summed E-state index contributed by atoms with van der Waals surface area (Å²) in [5, 5.41) is 10.8. The number of nitrogens with zero attached hydrogens (tertiary/aromatic N) is 4. The van der Waals surface area contributed by atoms with Crippen LogP contribution in [0.15, 0.2) is 36.4 Å². The number of hydrogen-bond acceptors (Lipinski definition) is 6. The molecule has 3 aliphatic rings. The number of likely N-dealkylation sites (tertiary alicyclic amines) is 1. The third kappa shape index (κ3) is 4.49. The van der Waals surface area contributed by atoms with Crippen molar-refractivity contribution in [3.8, 4) is 0 Å². The van der Waals surface area contributed by atoms with Gasteiger partial charge in [0.2, 0.25) is 11.8 Å². The normalized spacial score (nSPS) is 24.0. The average molecular weight is 435 g/mol. The molecule has 9 heteroatoms. The molecule has 2 fully saturated rings. The molecule has 0 aromatic heterocycles. The van der Waals surface area contributed by atoms with Crippen LogP contribution >= 0.6 is 12.4 Å². The summed E-state index contributed by atoms with van der Waals surface area (Å²) in [6, 6.07) is 6.68. The Morgan fingerprint density at radius 3 is 2.00 bits per heavy atom. The molecule has 8 nitrogen and oxygen atoms in total. The van der Waals surface area contributed by atoms with Crippen LogP contribution in [0.5, 0.6) is 0 Å². The highest BCUT2D eigenvalue weighted by Gasteiger charge is 2.46. The van der Waals surface area contributed by atoms with E-state index in [1.165, 1.54) is 4.90 Å². The molecule has 30 heavy (non-hydrogen) atoms. The molecule has 2 atom stereocenters. The van der Waals surface area contributed by atoms with E-state index in [1.807, 2.05) is 12.2 Å². The third-order valence-electron chi connectivity index (χ3n) is 6.25. The number of nitro benzene ring substituents is 1. The monoisotopic (exact) mass is 434 g/mol. The minimum absolute atomic E-state index is 0. The van der Waals surface area contributed by atoms with E-state index < -0.39 is 0 Å². The molecule has 2 saturated heterocycles. The van der Waals surface area contributed by atoms with Gasteiger partial charge in [-0.25, -0.2) is 0 Å². The lowest BCUT2D eigenvalue weighted by Gasteiger charge is -2.36. The molecule has 0 radical (unpaired) electrons. The van der Waals surface area contributed by atoms with E-state index in [1.54, 1.807) is 24.3 Å². The van der Waals surface area contributed by atoms with E-state index in [9.17, 15) is 19.7 Å². The number of amides is 2. The summed E-state index contributed by atoms with van der Waals surface area (Å²) >= 11 is 0. The maximum atomic E-state index is 12.5. The van der Waals surface area contributed by atoms with Crippen molar-refractivity contribution in [2.24, 2.45) is 11.8 Å². The second kappa shape index (κ2) is 9.57. The van der Waals surface area contributed by atoms with Crippen LogP contribution in [-0.4, -0.2) is 65.8 Å². The van der Waals surface area contributed by atoms with Gasteiger partial charge in [-0.2, -0.15) is 0 Å². The molecule has 1 aromatic carbocycles. The number of non-ortho nitro benzene ring substituents is 1. The van der Waals surface area contributed by atoms with E-state index in [4.69, 9.17) is 0 Å². The van der Waals surface area contributed by atoms with E-state index in [-0.39, 0.29) is 46.7 Å². The zero-order valence-corrected chi connectivity index (χ0v) is 17.6. The predicted octanol–water partition coefficient (Wildman–Crippen LogP) is 2.48. The van der Waals surface area contributed by atoms with Crippen molar-refractivity contribution < 1.29 is 14.5 Å². The molecule has 2 unspecified atom stereocenters. The Morgan fingerprint density at radius 2 is 1.47 bits per heavy atom. The molecule has 2 heterocycles. The van der Waals surface area contributed by atoms with Gasteiger partial charge in [0.15, 0.2) is 0 Å². The topological polar surface area (TPSA) is 87.0 Å². The fraction of sp³-hybridized carbons (Fsp3) is 0.524. The number of carbonyl (C=O) groups is 2. The van der Waals surface area contributed by atoms with E-state index in [0.29, 0.717) is 19.4 Å². The highest BCUT2D eigenvalue weighted by Crippen LogP contribution is 2.35. The standard InChI is InChI=1S/C21H26N4O4.ClH/c26-20-18-4-1-2-5-19(18)21(27)24(20)11-3-10-22-12-14-23(15-13-22)16-6-8-17(9-7-16)25(28)29;/h1-2,6-9,18-19H,3-5,10-15H2;1H. The van der Waals surface area contributed by atoms with Gasteiger partial charge < -0.3 is 4.90 Å². The molecule has 4 rings (SSSR count). The van der Waals surface area contributed by atoms with Gasteiger partial charge in [0.05, 0.1) is 16.8 Å². The van der Waals surface area contributed by atoms with Crippen LogP contribution in [0.3, 0.4) is 0 Å². The molecular formula is C21H27ClN4O4. The number of piperazine rings is 1.